The Hall–Kier alpha value is -1.49. The van der Waals surface area contributed by atoms with Crippen LogP contribution >= 0.6 is 0 Å². The molecule has 5 heteroatoms. The highest BCUT2D eigenvalue weighted by atomic mass is 16.5. The minimum Gasteiger partial charge on any atom is -0.468 e. The molecule has 1 heterocycles. The van der Waals surface area contributed by atoms with E-state index in [4.69, 9.17) is 5.73 Å². The molecule has 1 aromatic rings. The van der Waals surface area contributed by atoms with E-state index in [0.717, 1.165) is 24.2 Å². The second-order valence-corrected chi connectivity index (χ2v) is 4.15. The van der Waals surface area contributed by atoms with E-state index in [1.54, 1.807) is 12.4 Å². The molecular formula is C11H15N3O2. The van der Waals surface area contributed by atoms with E-state index in [1.807, 2.05) is 6.92 Å². The first-order valence-electron chi connectivity index (χ1n) is 5.23. The zero-order chi connectivity index (χ0) is 11.8. The number of aryl methyl sites for hydroxylation is 1. The fourth-order valence-electron chi connectivity index (χ4n) is 2.08. The molecule has 1 saturated carbocycles. The van der Waals surface area contributed by atoms with Gasteiger partial charge in [-0.15, -0.1) is 0 Å². The maximum Gasteiger partial charge on any atom is 0.323 e. The molecule has 0 aliphatic heterocycles. The smallest absolute Gasteiger partial charge is 0.323 e. The Balaban J connectivity index is 2.33. The van der Waals surface area contributed by atoms with Gasteiger partial charge in [0, 0.05) is 17.8 Å². The molecule has 1 aliphatic carbocycles. The largest absolute Gasteiger partial charge is 0.468 e. The molecule has 0 aromatic carbocycles. The van der Waals surface area contributed by atoms with Crippen molar-refractivity contribution in [1.82, 2.24) is 9.97 Å². The van der Waals surface area contributed by atoms with Gasteiger partial charge in [-0.1, -0.05) is 0 Å². The van der Waals surface area contributed by atoms with Crippen molar-refractivity contribution in [1.29, 1.82) is 0 Å². The summed E-state index contributed by atoms with van der Waals surface area (Å²) in [6.45, 7) is 1.88. The topological polar surface area (TPSA) is 78.1 Å². The van der Waals surface area contributed by atoms with Crippen molar-refractivity contribution < 1.29 is 9.53 Å². The summed E-state index contributed by atoms with van der Waals surface area (Å²) in [5.74, 6) is -0.387. The summed E-state index contributed by atoms with van der Waals surface area (Å²) < 4.78 is 4.69. The molecule has 86 valence electrons. The fourth-order valence-corrected chi connectivity index (χ4v) is 2.08. The summed E-state index contributed by atoms with van der Waals surface area (Å²) >= 11 is 0. The molecule has 0 amide bonds. The number of aromatic nitrogens is 2. The Morgan fingerprint density at radius 1 is 1.50 bits per heavy atom. The molecule has 1 fully saturated rings. The van der Waals surface area contributed by atoms with Crippen LogP contribution in [0.2, 0.25) is 0 Å². The molecule has 0 saturated heterocycles. The third-order valence-corrected chi connectivity index (χ3v) is 3.19. The predicted octanol–water partition coefficient (Wildman–Crippen LogP) is 0.317. The van der Waals surface area contributed by atoms with Crippen molar-refractivity contribution in [3.63, 3.8) is 0 Å². The van der Waals surface area contributed by atoms with Gasteiger partial charge in [-0.2, -0.15) is 0 Å². The van der Waals surface area contributed by atoms with Gasteiger partial charge in [0.25, 0.3) is 0 Å². The molecule has 1 atom stereocenters. The molecule has 0 bridgehead atoms. The molecule has 16 heavy (non-hydrogen) atoms. The summed E-state index contributed by atoms with van der Waals surface area (Å²) in [4.78, 5) is 20.0. The van der Waals surface area contributed by atoms with E-state index in [0.29, 0.717) is 0 Å². The number of hydrogen-bond donors (Lipinski definition) is 1. The average Bonchev–Trinajstić information content (AvgIpc) is 3.09. The van der Waals surface area contributed by atoms with E-state index in [2.05, 4.69) is 14.7 Å². The first-order valence-corrected chi connectivity index (χ1v) is 5.23. The third kappa shape index (κ3) is 1.57. The Morgan fingerprint density at radius 2 is 2.12 bits per heavy atom. The highest BCUT2D eigenvalue weighted by Crippen LogP contribution is 2.50. The highest BCUT2D eigenvalue weighted by Gasteiger charge is 2.54. The SMILES string of the molecule is COC(=O)C(N)C1(c2nccnc2C)CC1. The van der Waals surface area contributed by atoms with Gasteiger partial charge in [-0.25, -0.2) is 0 Å². The van der Waals surface area contributed by atoms with Crippen LogP contribution in [0.1, 0.15) is 24.2 Å². The fraction of sp³-hybridized carbons (Fsp3) is 0.545. The zero-order valence-corrected chi connectivity index (χ0v) is 9.43. The quantitative estimate of drug-likeness (QED) is 0.743. The van der Waals surface area contributed by atoms with Crippen LogP contribution in [0.15, 0.2) is 12.4 Å². The number of nitrogens with zero attached hydrogens (tertiary/aromatic N) is 2. The van der Waals surface area contributed by atoms with Gasteiger partial charge in [-0.05, 0) is 19.8 Å². The van der Waals surface area contributed by atoms with E-state index in [-0.39, 0.29) is 11.4 Å². The molecule has 2 N–H and O–H groups in total. The van der Waals surface area contributed by atoms with Crippen molar-refractivity contribution in [2.45, 2.75) is 31.2 Å². The summed E-state index contributed by atoms with van der Waals surface area (Å²) in [6, 6.07) is -0.645. The first kappa shape index (κ1) is 11.0. The lowest BCUT2D eigenvalue weighted by Crippen LogP contribution is -2.43. The standard InChI is InChI=1S/C11H15N3O2/c1-7-9(14-6-5-13-7)11(3-4-11)8(12)10(15)16-2/h5-6,8H,3-4,12H2,1-2H3. The maximum atomic E-state index is 11.5. The highest BCUT2D eigenvalue weighted by molar-refractivity contribution is 5.78. The lowest BCUT2D eigenvalue weighted by molar-refractivity contribution is -0.143. The summed E-state index contributed by atoms with van der Waals surface area (Å²) in [5, 5.41) is 0. The van der Waals surface area contributed by atoms with E-state index in [1.165, 1.54) is 7.11 Å². The van der Waals surface area contributed by atoms with E-state index < -0.39 is 6.04 Å². The van der Waals surface area contributed by atoms with Crippen molar-refractivity contribution >= 4 is 5.97 Å². The maximum absolute atomic E-state index is 11.5. The van der Waals surface area contributed by atoms with Gasteiger partial charge in [-0.3, -0.25) is 14.8 Å². The van der Waals surface area contributed by atoms with Crippen LogP contribution < -0.4 is 5.73 Å². The number of carbonyl (C=O) groups excluding carboxylic acids is 1. The Morgan fingerprint density at radius 3 is 2.62 bits per heavy atom. The minimum atomic E-state index is -0.645. The second-order valence-electron chi connectivity index (χ2n) is 4.15. The van der Waals surface area contributed by atoms with E-state index >= 15 is 0 Å². The zero-order valence-electron chi connectivity index (χ0n) is 9.43. The number of carbonyl (C=O) groups is 1. The normalized spacial score (nSPS) is 18.9. The van der Waals surface area contributed by atoms with Crippen molar-refractivity contribution in [2.24, 2.45) is 5.73 Å². The van der Waals surface area contributed by atoms with Crippen LogP contribution in [0, 0.1) is 6.92 Å². The van der Waals surface area contributed by atoms with E-state index in [9.17, 15) is 4.79 Å². The van der Waals surface area contributed by atoms with Gasteiger partial charge in [0.05, 0.1) is 18.5 Å². The van der Waals surface area contributed by atoms with Crippen LogP contribution in [0.3, 0.4) is 0 Å². The molecule has 0 radical (unpaired) electrons. The van der Waals surface area contributed by atoms with Crippen LogP contribution in [0.5, 0.6) is 0 Å². The second kappa shape index (κ2) is 3.83. The number of nitrogens with two attached hydrogens (primary N) is 1. The number of ether oxygens (including phenoxy) is 1. The van der Waals surface area contributed by atoms with Crippen molar-refractivity contribution in [3.05, 3.63) is 23.8 Å². The van der Waals surface area contributed by atoms with Gasteiger partial charge in [0.1, 0.15) is 6.04 Å². The lowest BCUT2D eigenvalue weighted by atomic mass is 9.91. The monoisotopic (exact) mass is 221 g/mol. The van der Waals surface area contributed by atoms with Crippen molar-refractivity contribution in [3.8, 4) is 0 Å². The first-order chi connectivity index (χ1) is 7.62. The Kier molecular flexibility index (Phi) is 2.63. The summed E-state index contributed by atoms with van der Waals surface area (Å²) in [5.41, 5.74) is 7.23. The van der Waals surface area contributed by atoms with Gasteiger partial charge >= 0.3 is 5.97 Å². The van der Waals surface area contributed by atoms with Crippen LogP contribution in [-0.4, -0.2) is 29.1 Å². The third-order valence-electron chi connectivity index (χ3n) is 3.19. The van der Waals surface area contributed by atoms with Gasteiger partial charge < -0.3 is 10.5 Å². The number of methoxy groups -OCH3 is 1. The molecule has 2 rings (SSSR count). The number of hydrogen-bond acceptors (Lipinski definition) is 5. The predicted molar refractivity (Wildman–Crippen MR) is 57.7 cm³/mol. The average molecular weight is 221 g/mol. The number of rotatable bonds is 3. The van der Waals surface area contributed by atoms with Crippen LogP contribution in [-0.2, 0) is 14.9 Å². The van der Waals surface area contributed by atoms with Crippen LogP contribution in [0.4, 0.5) is 0 Å². The van der Waals surface area contributed by atoms with Gasteiger partial charge in [0.15, 0.2) is 0 Å². The molecular weight excluding hydrogens is 206 g/mol. The van der Waals surface area contributed by atoms with Gasteiger partial charge in [0.2, 0.25) is 0 Å². The molecule has 1 unspecified atom stereocenters. The summed E-state index contributed by atoms with van der Waals surface area (Å²) in [7, 11) is 1.35. The van der Waals surface area contributed by atoms with Crippen LogP contribution in [0.25, 0.3) is 0 Å². The molecule has 1 aromatic heterocycles. The molecule has 0 spiro atoms. The Labute approximate surface area is 94.0 Å². The Bertz CT molecular complexity index is 415. The minimum absolute atomic E-state index is 0.356. The molecule has 5 nitrogen and oxygen atoms in total. The lowest BCUT2D eigenvalue weighted by Gasteiger charge is -2.21. The van der Waals surface area contributed by atoms with Crippen molar-refractivity contribution in [2.75, 3.05) is 7.11 Å². The molecule has 1 aliphatic rings. The number of esters is 1. The summed E-state index contributed by atoms with van der Waals surface area (Å²) in [6.07, 6.45) is 5.00.